The number of nitrogens with one attached hydrogen (secondary N) is 2. The van der Waals surface area contributed by atoms with Crippen LogP contribution in [0.2, 0.25) is 0 Å². The molecule has 4 aromatic carbocycles. The first-order valence-corrected chi connectivity index (χ1v) is 39.7. The van der Waals surface area contributed by atoms with Crippen molar-refractivity contribution in [1.82, 2.24) is 38.2 Å². The lowest BCUT2D eigenvalue weighted by molar-refractivity contribution is -0.144. The Morgan fingerprint density at radius 2 is 0.928 bits per heavy atom. The minimum atomic E-state index is -3.82. The Hall–Kier alpha value is -6.74. The van der Waals surface area contributed by atoms with Crippen LogP contribution in [0.4, 0.5) is 0 Å². The van der Waals surface area contributed by atoms with E-state index in [0.29, 0.717) is 61.7 Å². The fraction of sp³-hybridized carbons (Fsp3) is 0.584. The van der Waals surface area contributed by atoms with E-state index >= 15 is 9.59 Å². The third kappa shape index (κ3) is 10.8. The Labute approximate surface area is 571 Å². The van der Waals surface area contributed by atoms with Gasteiger partial charge in [0.05, 0.1) is 46.9 Å². The molecule has 516 valence electrons. The molecule has 8 heterocycles. The summed E-state index contributed by atoms with van der Waals surface area (Å²) >= 11 is 0. The lowest BCUT2D eigenvalue weighted by Crippen LogP contribution is -2.57. The minimum absolute atomic E-state index is 0.0787. The summed E-state index contributed by atoms with van der Waals surface area (Å²) in [6, 6.07) is 25.1. The van der Waals surface area contributed by atoms with Crippen LogP contribution in [0.5, 0.6) is 11.5 Å². The molecule has 0 spiro atoms. The fourth-order valence-corrected chi connectivity index (χ4v) is 23.1. The van der Waals surface area contributed by atoms with Crippen LogP contribution in [0, 0.1) is 10.8 Å². The van der Waals surface area contributed by atoms with Gasteiger partial charge in [0.25, 0.3) is 11.8 Å². The second-order valence-corrected chi connectivity index (χ2v) is 35.1. The largest absolute Gasteiger partial charge is 0.497 e. The average molecular weight is 1360 g/mol. The Balaban J connectivity index is 0.000000152. The van der Waals surface area contributed by atoms with Crippen LogP contribution in [-0.4, -0.2) is 158 Å². The number of ether oxygens (including phenoxy) is 2. The van der Waals surface area contributed by atoms with E-state index in [0.717, 1.165) is 153 Å². The van der Waals surface area contributed by atoms with Crippen LogP contribution < -0.4 is 18.9 Å². The molecule has 2 aromatic heterocycles. The van der Waals surface area contributed by atoms with Crippen LogP contribution in [-0.2, 0) is 42.7 Å². The maximum atomic E-state index is 15.0. The number of amides is 4. The number of carbonyl (C=O) groups is 4. The quantitative estimate of drug-likeness (QED) is 0.105. The minimum Gasteiger partial charge on any atom is -0.497 e. The molecule has 0 radical (unpaired) electrons. The van der Waals surface area contributed by atoms with Crippen molar-refractivity contribution < 1.29 is 45.5 Å². The predicted octanol–water partition coefficient (Wildman–Crippen LogP) is 12.2. The third-order valence-electron chi connectivity index (χ3n) is 25.5. The molecular formula is C77H96N8O10S2. The highest BCUT2D eigenvalue weighted by atomic mass is 32.2. The summed E-state index contributed by atoms with van der Waals surface area (Å²) < 4.78 is 73.1. The number of methoxy groups -OCH3 is 2. The molecule has 20 heteroatoms. The van der Waals surface area contributed by atoms with E-state index in [1.165, 1.54) is 60.8 Å². The number of carbonyl (C=O) groups excluding carboxylic acids is 4. The zero-order valence-corrected chi connectivity index (χ0v) is 59.0. The highest BCUT2D eigenvalue weighted by Crippen LogP contribution is 2.69. The van der Waals surface area contributed by atoms with Gasteiger partial charge in [-0.1, -0.05) is 70.9 Å². The molecule has 8 atom stereocenters. The van der Waals surface area contributed by atoms with E-state index < -0.39 is 53.2 Å². The summed E-state index contributed by atoms with van der Waals surface area (Å²) in [5, 5.41) is 1.09. The molecule has 2 N–H and O–H groups in total. The molecule has 5 saturated carbocycles. The molecule has 18 nitrogen and oxygen atoms in total. The van der Waals surface area contributed by atoms with Crippen LogP contribution in [0.25, 0.3) is 44.3 Å². The van der Waals surface area contributed by atoms with Gasteiger partial charge >= 0.3 is 0 Å². The third-order valence-corrected chi connectivity index (χ3v) is 29.4. The highest BCUT2D eigenvalue weighted by Gasteiger charge is 2.67. The number of benzene rings is 4. The molecule has 4 amide bonds. The van der Waals surface area contributed by atoms with Crippen LogP contribution in [0.15, 0.2) is 72.8 Å². The zero-order valence-electron chi connectivity index (χ0n) is 57.4. The fourth-order valence-electron chi connectivity index (χ4n) is 20.2. The molecule has 97 heavy (non-hydrogen) atoms. The van der Waals surface area contributed by atoms with Gasteiger partial charge in [-0.05, 0) is 199 Å². The normalized spacial score (nSPS) is 27.6. The van der Waals surface area contributed by atoms with Gasteiger partial charge in [0, 0.05) is 119 Å². The van der Waals surface area contributed by atoms with Gasteiger partial charge in [0.2, 0.25) is 31.9 Å². The lowest BCUT2D eigenvalue weighted by Gasteiger charge is -2.41. The average Bonchev–Trinajstić information content (AvgIpc) is 1.52. The SMILES string of the molecule is CCC(CC)S(=O)(=O)NC(=O)c1ccc2c(C3CCCCC3)c3n(c2c1)C[C@@]1(C(=O)N2C4CCC2CN(C)C4)C[C@H]1c1cc(OC)ccc1-3.COc1ccc2c(c1)[C@@H]1C[C@]1(C(=O)N1C3CCC1CN(C)C3)Cn1c-2c(C2CCCCC2)c2ccc(C(=O)NS(=O)(=O)C3CCC3)cc21. The zero-order chi connectivity index (χ0) is 67.2. The van der Waals surface area contributed by atoms with Gasteiger partial charge in [0.1, 0.15) is 11.5 Å². The van der Waals surface area contributed by atoms with E-state index in [1.807, 2.05) is 50.2 Å². The number of sulfonamides is 2. The number of likely N-dealkylation sites (N-methyl/N-ethyl adjacent to an activating group) is 2. The number of nitrogens with zero attached hydrogens (tertiary/aromatic N) is 6. The second-order valence-electron chi connectivity index (χ2n) is 31.1. The molecule has 6 aliphatic heterocycles. The Morgan fingerprint density at radius 1 is 0.515 bits per heavy atom. The summed E-state index contributed by atoms with van der Waals surface area (Å²) in [4.78, 5) is 66.5. The Morgan fingerprint density at radius 3 is 1.31 bits per heavy atom. The Bertz CT molecular complexity index is 4400. The smallest absolute Gasteiger partial charge is 0.264 e. The van der Waals surface area contributed by atoms with Gasteiger partial charge in [-0.25, -0.2) is 26.3 Å². The number of fused-ring (bicyclic) bond motifs is 18. The van der Waals surface area contributed by atoms with Crippen molar-refractivity contribution in [2.75, 3.05) is 54.5 Å². The van der Waals surface area contributed by atoms with Crippen molar-refractivity contribution in [3.8, 4) is 34.0 Å². The first kappa shape index (κ1) is 64.9. The molecule has 4 bridgehead atoms. The maximum absolute atomic E-state index is 15.0. The van der Waals surface area contributed by atoms with Gasteiger partial charge in [-0.15, -0.1) is 0 Å². The standard InChI is InChI=1S/C39H50N4O5S.C38H46N4O5S/c1-5-29(6-2)49(46,47)40-37(44)25-12-16-31-34(18-25)42-23-39(38(45)43-26-13-14-27(43)22-41(3)21-26)20-33(39)32-19-28(48-4)15-17-30(32)36(42)35(31)24-10-8-7-9-11-24;1-40-20-25-12-13-26(21-40)42(25)37(44)38-19-32(38)31-18-27(47-2)14-16-29(31)35-34(23-7-4-3-5-8-23)30-15-11-24(17-33(30)41(35)22-38)36(43)39-48(45,46)28-9-6-10-28/h12,15-19,24,26-27,29,33H,5-11,13-14,20-23H2,1-4H3,(H,40,44);11,14-18,23,25-26,28,32H,3-10,12-13,19-22H2,1-2H3,(H,39,43)/t26?,27?,33-,39-;25?,26?,32-,38-/m00/s1. The van der Waals surface area contributed by atoms with Crippen molar-refractivity contribution in [2.24, 2.45) is 10.8 Å². The van der Waals surface area contributed by atoms with Crippen molar-refractivity contribution in [1.29, 1.82) is 0 Å². The van der Waals surface area contributed by atoms with E-state index in [1.54, 1.807) is 26.4 Å². The van der Waals surface area contributed by atoms with Crippen molar-refractivity contribution in [2.45, 2.75) is 220 Å². The molecule has 4 saturated heterocycles. The summed E-state index contributed by atoms with van der Waals surface area (Å²) in [7, 11) is 0.183. The number of hydrogen-bond donors (Lipinski definition) is 2. The number of piperazine rings is 2. The molecule has 9 fully saturated rings. The topological polar surface area (TPSA) is 202 Å². The number of rotatable bonds is 14. The van der Waals surface area contributed by atoms with Gasteiger partial charge in [0.15, 0.2) is 0 Å². The number of aromatic nitrogens is 2. The van der Waals surface area contributed by atoms with Crippen molar-refractivity contribution in [3.63, 3.8) is 0 Å². The highest BCUT2D eigenvalue weighted by molar-refractivity contribution is 7.91. The number of hydrogen-bond acceptors (Lipinski definition) is 12. The summed E-state index contributed by atoms with van der Waals surface area (Å²) in [5.74, 6) is 1.87. The molecule has 11 aliphatic rings. The summed E-state index contributed by atoms with van der Waals surface area (Å²) in [5.41, 5.74) is 10.9. The van der Waals surface area contributed by atoms with Gasteiger partial charge < -0.3 is 38.2 Å². The summed E-state index contributed by atoms with van der Waals surface area (Å²) in [6.45, 7) is 8.40. The Kier molecular flexibility index (Phi) is 16.4. The number of likely N-dealkylation sites (tertiary alicyclic amines) is 2. The first-order valence-electron chi connectivity index (χ1n) is 36.6. The molecule has 6 aromatic rings. The summed E-state index contributed by atoms with van der Waals surface area (Å²) in [6.07, 6.45) is 20.3. The molecular weight excluding hydrogens is 1260 g/mol. The molecule has 4 unspecified atom stereocenters. The second kappa shape index (κ2) is 24.6. The van der Waals surface area contributed by atoms with Crippen LogP contribution in [0.3, 0.4) is 0 Å². The maximum Gasteiger partial charge on any atom is 0.264 e. The van der Waals surface area contributed by atoms with Gasteiger partial charge in [-0.2, -0.15) is 0 Å². The van der Waals surface area contributed by atoms with Crippen LogP contribution >= 0.6 is 0 Å². The van der Waals surface area contributed by atoms with Crippen molar-refractivity contribution >= 4 is 65.5 Å². The van der Waals surface area contributed by atoms with E-state index in [4.69, 9.17) is 9.47 Å². The van der Waals surface area contributed by atoms with E-state index in [9.17, 15) is 26.4 Å². The van der Waals surface area contributed by atoms with Crippen LogP contribution in [0.1, 0.15) is 215 Å². The predicted molar refractivity (Wildman–Crippen MR) is 376 cm³/mol. The van der Waals surface area contributed by atoms with E-state index in [2.05, 4.69) is 76.5 Å². The molecule has 5 aliphatic carbocycles. The molecule has 17 rings (SSSR count). The first-order chi connectivity index (χ1) is 46.8. The van der Waals surface area contributed by atoms with Crippen molar-refractivity contribution in [3.05, 3.63) is 106 Å². The van der Waals surface area contributed by atoms with Gasteiger partial charge in [-0.3, -0.25) is 19.2 Å². The lowest BCUT2D eigenvalue weighted by atomic mass is 9.81. The van der Waals surface area contributed by atoms with E-state index in [-0.39, 0.29) is 47.8 Å². The monoisotopic (exact) mass is 1360 g/mol.